The molecule has 0 spiro atoms. The molecule has 3 unspecified atom stereocenters. The standard InChI is InChI=1S/C26H23N3O2S/c1-31-22-8-5-19-15-21(4-3-20(19)16-22)25-24(17-11-13-27-14-12-17)28-26(29-25)18-6-9-23(10-7-18)32(2)30/h3-16,24-25H,1-2H3,(H,28,29). The molecule has 3 atom stereocenters. The smallest absolute Gasteiger partial charge is 0.129 e. The van der Waals surface area contributed by atoms with Crippen molar-refractivity contribution in [3.05, 3.63) is 102 Å². The van der Waals surface area contributed by atoms with Gasteiger partial charge in [0.15, 0.2) is 0 Å². The third kappa shape index (κ3) is 3.89. The molecule has 160 valence electrons. The van der Waals surface area contributed by atoms with E-state index in [1.165, 1.54) is 0 Å². The number of ether oxygens (including phenoxy) is 1. The molecule has 2 heterocycles. The normalized spacial score (nSPS) is 18.8. The lowest BCUT2D eigenvalue weighted by atomic mass is 9.94. The monoisotopic (exact) mass is 441 g/mol. The molecule has 0 saturated heterocycles. The number of nitrogens with one attached hydrogen (secondary N) is 1. The quantitative estimate of drug-likeness (QED) is 0.483. The molecule has 0 amide bonds. The van der Waals surface area contributed by atoms with Crippen LogP contribution >= 0.6 is 0 Å². The Morgan fingerprint density at radius 2 is 1.59 bits per heavy atom. The molecule has 0 saturated carbocycles. The van der Waals surface area contributed by atoms with Gasteiger partial charge in [-0.2, -0.15) is 0 Å². The van der Waals surface area contributed by atoms with E-state index in [-0.39, 0.29) is 12.1 Å². The third-order valence-corrected chi connectivity index (χ3v) is 6.75. The number of rotatable bonds is 5. The maximum absolute atomic E-state index is 11.8. The molecule has 1 aromatic heterocycles. The van der Waals surface area contributed by atoms with Crippen LogP contribution in [0.5, 0.6) is 5.75 Å². The molecule has 0 fully saturated rings. The summed E-state index contributed by atoms with van der Waals surface area (Å²) in [5.41, 5.74) is 3.24. The molecular weight excluding hydrogens is 418 g/mol. The molecule has 1 aliphatic rings. The van der Waals surface area contributed by atoms with Crippen molar-refractivity contribution in [3.63, 3.8) is 0 Å². The second kappa shape index (κ2) is 8.55. The SMILES string of the molecule is COc1ccc2cc(C3N=C(c4ccc(S(C)=O)cc4)NC3c3ccncc3)ccc2c1. The summed E-state index contributed by atoms with van der Waals surface area (Å²) in [6.45, 7) is 0. The highest BCUT2D eigenvalue weighted by atomic mass is 32.2. The topological polar surface area (TPSA) is 63.6 Å². The molecule has 0 radical (unpaired) electrons. The van der Waals surface area contributed by atoms with Gasteiger partial charge >= 0.3 is 0 Å². The number of benzene rings is 3. The molecule has 32 heavy (non-hydrogen) atoms. The Labute approximate surface area is 189 Å². The Hall–Kier alpha value is -3.51. The lowest BCUT2D eigenvalue weighted by Gasteiger charge is -2.20. The second-order valence-electron chi connectivity index (χ2n) is 7.78. The first-order valence-corrected chi connectivity index (χ1v) is 11.9. The summed E-state index contributed by atoms with van der Waals surface area (Å²) in [7, 11) is 0.676. The van der Waals surface area contributed by atoms with Crippen molar-refractivity contribution in [3.8, 4) is 5.75 Å². The van der Waals surface area contributed by atoms with Gasteiger partial charge in [0.05, 0.1) is 13.2 Å². The number of nitrogens with zero attached hydrogens (tertiary/aromatic N) is 2. The highest BCUT2D eigenvalue weighted by molar-refractivity contribution is 7.84. The Balaban J connectivity index is 1.56. The van der Waals surface area contributed by atoms with E-state index < -0.39 is 10.8 Å². The zero-order valence-corrected chi connectivity index (χ0v) is 18.7. The fraction of sp³-hybridized carbons (Fsp3) is 0.154. The van der Waals surface area contributed by atoms with Crippen molar-refractivity contribution in [2.24, 2.45) is 4.99 Å². The summed E-state index contributed by atoms with van der Waals surface area (Å²) >= 11 is 0. The molecule has 0 aliphatic carbocycles. The van der Waals surface area contributed by atoms with Crippen molar-refractivity contribution in [1.82, 2.24) is 10.3 Å². The second-order valence-corrected chi connectivity index (χ2v) is 9.16. The largest absolute Gasteiger partial charge is 0.497 e. The summed E-state index contributed by atoms with van der Waals surface area (Å²) < 4.78 is 17.1. The minimum atomic E-state index is -1.00. The van der Waals surface area contributed by atoms with E-state index in [4.69, 9.17) is 9.73 Å². The van der Waals surface area contributed by atoms with E-state index in [1.54, 1.807) is 13.4 Å². The fourth-order valence-corrected chi connectivity index (χ4v) is 4.62. The Morgan fingerprint density at radius 3 is 2.31 bits per heavy atom. The van der Waals surface area contributed by atoms with Gasteiger partial charge in [-0.15, -0.1) is 0 Å². The van der Waals surface area contributed by atoms with E-state index in [0.29, 0.717) is 0 Å². The average molecular weight is 442 g/mol. The van der Waals surface area contributed by atoms with Crippen molar-refractivity contribution in [1.29, 1.82) is 0 Å². The average Bonchev–Trinajstić information content (AvgIpc) is 3.29. The number of hydrogen-bond donors (Lipinski definition) is 1. The van der Waals surface area contributed by atoms with Crippen LogP contribution in [0.2, 0.25) is 0 Å². The predicted molar refractivity (Wildman–Crippen MR) is 129 cm³/mol. The van der Waals surface area contributed by atoms with Crippen molar-refractivity contribution < 1.29 is 8.95 Å². The van der Waals surface area contributed by atoms with Gasteiger partial charge < -0.3 is 10.1 Å². The van der Waals surface area contributed by atoms with Crippen LogP contribution in [0.3, 0.4) is 0 Å². The zero-order chi connectivity index (χ0) is 22.1. The van der Waals surface area contributed by atoms with Crippen LogP contribution in [0.25, 0.3) is 10.8 Å². The van der Waals surface area contributed by atoms with Gasteiger partial charge in [0.25, 0.3) is 0 Å². The first-order chi connectivity index (χ1) is 15.6. The lowest BCUT2D eigenvalue weighted by molar-refractivity contribution is 0.415. The van der Waals surface area contributed by atoms with Gasteiger partial charge in [0, 0.05) is 39.9 Å². The minimum absolute atomic E-state index is 0.0105. The van der Waals surface area contributed by atoms with E-state index in [2.05, 4.69) is 34.6 Å². The first-order valence-electron chi connectivity index (χ1n) is 10.4. The summed E-state index contributed by atoms with van der Waals surface area (Å²) in [4.78, 5) is 10.1. The maximum atomic E-state index is 11.8. The van der Waals surface area contributed by atoms with E-state index in [9.17, 15) is 4.21 Å². The van der Waals surface area contributed by atoms with Crippen LogP contribution in [-0.2, 0) is 10.8 Å². The van der Waals surface area contributed by atoms with Gasteiger partial charge in [0.2, 0.25) is 0 Å². The van der Waals surface area contributed by atoms with Gasteiger partial charge in [-0.05, 0) is 64.4 Å². The molecule has 5 nitrogen and oxygen atoms in total. The summed E-state index contributed by atoms with van der Waals surface area (Å²) in [6, 6.07) is 24.3. The molecule has 4 aromatic rings. The fourth-order valence-electron chi connectivity index (χ4n) is 4.10. The summed E-state index contributed by atoms with van der Waals surface area (Å²) in [6.07, 6.45) is 5.30. The molecule has 5 rings (SSSR count). The van der Waals surface area contributed by atoms with Crippen LogP contribution in [0.4, 0.5) is 0 Å². The van der Waals surface area contributed by atoms with Crippen LogP contribution in [0.15, 0.2) is 95.1 Å². The first kappa shape index (κ1) is 20.4. The molecular formula is C26H23N3O2S. The summed E-state index contributed by atoms with van der Waals surface area (Å²) in [5.74, 6) is 1.68. The third-order valence-electron chi connectivity index (χ3n) is 5.81. The number of pyridine rings is 1. The van der Waals surface area contributed by atoms with E-state index in [0.717, 1.165) is 43.9 Å². The molecule has 0 bridgehead atoms. The van der Waals surface area contributed by atoms with Crippen LogP contribution < -0.4 is 10.1 Å². The number of hydrogen-bond acceptors (Lipinski definition) is 5. The Kier molecular flexibility index (Phi) is 5.45. The Bertz CT molecular complexity index is 1320. The number of fused-ring (bicyclic) bond motifs is 1. The van der Waals surface area contributed by atoms with E-state index >= 15 is 0 Å². The molecule has 1 aliphatic heterocycles. The Morgan fingerprint density at radius 1 is 0.875 bits per heavy atom. The predicted octanol–water partition coefficient (Wildman–Crippen LogP) is 4.81. The molecule has 1 N–H and O–H groups in total. The summed E-state index contributed by atoms with van der Waals surface area (Å²) in [5, 5.41) is 5.89. The van der Waals surface area contributed by atoms with Gasteiger partial charge in [0.1, 0.15) is 17.6 Å². The van der Waals surface area contributed by atoms with Crippen LogP contribution in [0.1, 0.15) is 28.8 Å². The van der Waals surface area contributed by atoms with Gasteiger partial charge in [-0.3, -0.25) is 14.2 Å². The highest BCUT2D eigenvalue weighted by Crippen LogP contribution is 2.38. The maximum Gasteiger partial charge on any atom is 0.129 e. The van der Waals surface area contributed by atoms with Crippen molar-refractivity contribution >= 4 is 27.4 Å². The van der Waals surface area contributed by atoms with Gasteiger partial charge in [-0.25, -0.2) is 0 Å². The van der Waals surface area contributed by atoms with Crippen LogP contribution in [-0.4, -0.2) is 28.4 Å². The number of amidine groups is 1. The minimum Gasteiger partial charge on any atom is -0.497 e. The number of aromatic nitrogens is 1. The van der Waals surface area contributed by atoms with Crippen molar-refractivity contribution in [2.75, 3.05) is 13.4 Å². The van der Waals surface area contributed by atoms with E-state index in [1.807, 2.05) is 60.9 Å². The zero-order valence-electron chi connectivity index (χ0n) is 17.9. The highest BCUT2D eigenvalue weighted by Gasteiger charge is 2.32. The van der Waals surface area contributed by atoms with Crippen molar-refractivity contribution in [2.45, 2.75) is 17.0 Å². The number of methoxy groups -OCH3 is 1. The molecule has 6 heteroatoms. The molecule has 3 aromatic carbocycles. The lowest BCUT2D eigenvalue weighted by Crippen LogP contribution is -2.25. The van der Waals surface area contributed by atoms with Crippen LogP contribution in [0, 0.1) is 0 Å². The number of aliphatic imine (C=N–C) groups is 1. The van der Waals surface area contributed by atoms with Gasteiger partial charge in [-0.1, -0.05) is 30.3 Å².